The molecule has 0 fully saturated rings. The quantitative estimate of drug-likeness (QED) is 0.482. The van der Waals surface area contributed by atoms with Crippen LogP contribution in [-0.2, 0) is 173 Å². The number of rotatable bonds is 2. The van der Waals surface area contributed by atoms with Gasteiger partial charge in [0.15, 0.2) is 5.78 Å². The Balaban J connectivity index is -0.000000400. The van der Waals surface area contributed by atoms with Crippen molar-refractivity contribution in [1.29, 1.82) is 0 Å². The number of ether oxygens (including phenoxy) is 1. The van der Waals surface area contributed by atoms with E-state index in [1.54, 1.807) is 14.0 Å². The summed E-state index contributed by atoms with van der Waals surface area (Å²) in [6.45, 7) is 5.39. The number of nitrogens with one attached hydrogen (secondary N) is 1. The maximum Gasteiger partial charge on any atom is 0.288 e. The Hall–Kier alpha value is 3.42. The molecule has 115 valence electrons. The van der Waals surface area contributed by atoms with Gasteiger partial charge in [-0.15, -0.1) is 5.56 Å². The van der Waals surface area contributed by atoms with Crippen molar-refractivity contribution in [3.63, 3.8) is 0 Å². The Kier molecular flexibility index (Phi) is 25.1. The molecular formula is C15H17N2O2Y5-. The largest absolute Gasteiger partial charge is 0.468 e. The summed E-state index contributed by atoms with van der Waals surface area (Å²) < 4.78 is 5.15. The number of nitrogens with zero attached hydrogens (tertiary/aromatic N) is 1. The molecule has 0 bridgehead atoms. The van der Waals surface area contributed by atoms with E-state index in [-0.39, 0.29) is 175 Å². The van der Waals surface area contributed by atoms with Gasteiger partial charge in [-0.3, -0.25) is 4.79 Å². The topological polar surface area (TPSA) is 50.7 Å². The van der Waals surface area contributed by atoms with Gasteiger partial charge in [0, 0.05) is 175 Å². The van der Waals surface area contributed by atoms with E-state index in [0.717, 1.165) is 16.8 Å². The van der Waals surface area contributed by atoms with E-state index >= 15 is 0 Å². The number of ketones is 1. The third-order valence-corrected chi connectivity index (χ3v) is 3.10. The van der Waals surface area contributed by atoms with E-state index in [0.29, 0.717) is 11.6 Å². The summed E-state index contributed by atoms with van der Waals surface area (Å²) in [7, 11) is 1.55. The molecule has 0 saturated carbocycles. The van der Waals surface area contributed by atoms with E-state index in [4.69, 9.17) is 4.74 Å². The van der Waals surface area contributed by atoms with Crippen LogP contribution < -0.4 is 5.32 Å². The number of allylic oxidation sites excluding steroid dienone is 1. The maximum absolute atomic E-state index is 11.8. The van der Waals surface area contributed by atoms with Crippen molar-refractivity contribution in [3.05, 3.63) is 46.7 Å². The Labute approximate surface area is 270 Å². The van der Waals surface area contributed by atoms with Crippen LogP contribution in [0.3, 0.4) is 0 Å². The average Bonchev–Trinajstić information content (AvgIpc) is 2.38. The number of amidine groups is 1. The van der Waals surface area contributed by atoms with Gasteiger partial charge >= 0.3 is 0 Å². The molecule has 24 heavy (non-hydrogen) atoms. The van der Waals surface area contributed by atoms with Crippen LogP contribution in [0.4, 0.5) is 0 Å². The molecular weight excluding hydrogens is 685 g/mol. The summed E-state index contributed by atoms with van der Waals surface area (Å²) in [6, 6.07) is 9.04. The number of aliphatic imine (C=N–C) groups is 1. The van der Waals surface area contributed by atoms with Crippen LogP contribution in [0.5, 0.6) is 0 Å². The normalized spacial score (nSPS) is 14.8. The first-order valence-corrected chi connectivity index (χ1v) is 6.11. The molecule has 0 saturated heterocycles. The van der Waals surface area contributed by atoms with Crippen LogP contribution in [0.2, 0.25) is 0 Å². The molecule has 5 radical (unpaired) electrons. The molecule has 4 nitrogen and oxygen atoms in total. The fourth-order valence-corrected chi connectivity index (χ4v) is 2.13. The number of aryl methyl sites for hydroxylation is 1. The Morgan fingerprint density at radius 1 is 1.17 bits per heavy atom. The van der Waals surface area contributed by atoms with Crippen molar-refractivity contribution in [2.45, 2.75) is 26.8 Å². The third-order valence-electron chi connectivity index (χ3n) is 3.10. The van der Waals surface area contributed by atoms with E-state index in [1.165, 1.54) is 0 Å². The van der Waals surface area contributed by atoms with E-state index in [1.807, 2.05) is 32.0 Å². The van der Waals surface area contributed by atoms with Crippen molar-refractivity contribution in [3.8, 4) is 0 Å². The van der Waals surface area contributed by atoms with Crippen molar-refractivity contribution >= 4 is 11.8 Å². The number of methoxy groups -OCH3 is 1. The number of hydrogen-bond acceptors (Lipinski definition) is 4. The summed E-state index contributed by atoms with van der Waals surface area (Å²) >= 11 is 0. The molecule has 1 aromatic rings. The molecule has 0 amide bonds. The van der Waals surface area contributed by atoms with E-state index < -0.39 is 0 Å². The van der Waals surface area contributed by atoms with E-state index in [2.05, 4.69) is 16.4 Å². The molecule has 1 atom stereocenters. The number of carbonyl (C=O) groups is 1. The van der Waals surface area contributed by atoms with Gasteiger partial charge in [-0.25, -0.2) is 4.99 Å². The molecule has 1 heterocycles. The smallest absolute Gasteiger partial charge is 0.288 e. The van der Waals surface area contributed by atoms with Crippen molar-refractivity contribution in [1.82, 2.24) is 5.32 Å². The molecule has 9 heteroatoms. The second kappa shape index (κ2) is 17.3. The second-order valence-electron chi connectivity index (χ2n) is 4.57. The minimum atomic E-state index is -0.328. The zero-order valence-corrected chi connectivity index (χ0v) is 28.7. The minimum absolute atomic E-state index is 0. The Morgan fingerprint density at radius 3 is 2.17 bits per heavy atom. The summed E-state index contributed by atoms with van der Waals surface area (Å²) in [5.74, 6) is 0.00878. The van der Waals surface area contributed by atoms with Crippen molar-refractivity contribution in [2.75, 3.05) is 7.11 Å². The molecule has 0 aliphatic carbocycles. The Morgan fingerprint density at radius 2 is 1.75 bits per heavy atom. The van der Waals surface area contributed by atoms with Gasteiger partial charge in [0.2, 0.25) is 0 Å². The van der Waals surface area contributed by atoms with Gasteiger partial charge in [0.1, 0.15) is 0 Å². The zero-order valence-electron chi connectivity index (χ0n) is 14.5. The first-order chi connectivity index (χ1) is 9.02. The van der Waals surface area contributed by atoms with Crippen molar-refractivity contribution < 1.29 is 173 Å². The summed E-state index contributed by atoms with van der Waals surface area (Å²) in [4.78, 5) is 16.3. The van der Waals surface area contributed by atoms with Crippen molar-refractivity contribution in [2.24, 2.45) is 4.99 Å². The molecule has 0 spiro atoms. The van der Waals surface area contributed by atoms with Gasteiger partial charge in [-0.1, -0.05) is 6.92 Å². The van der Waals surface area contributed by atoms with Crippen LogP contribution >= 0.6 is 0 Å². The molecule has 1 aliphatic heterocycles. The molecule has 1 N–H and O–H groups in total. The summed E-state index contributed by atoms with van der Waals surface area (Å²) in [5, 5.41) is 2.98. The number of carbonyl (C=O) groups excluding carboxylic acids is 1. The predicted octanol–water partition coefficient (Wildman–Crippen LogP) is 2.29. The van der Waals surface area contributed by atoms with Gasteiger partial charge in [-0.05, 0) is 13.8 Å². The first-order valence-electron chi connectivity index (χ1n) is 6.11. The first kappa shape index (κ1) is 34.9. The summed E-state index contributed by atoms with van der Waals surface area (Å²) in [5.41, 5.74) is 3.44. The monoisotopic (exact) mass is 702 g/mol. The van der Waals surface area contributed by atoms with Gasteiger partial charge in [0.25, 0.3) is 6.02 Å². The van der Waals surface area contributed by atoms with E-state index in [9.17, 15) is 4.79 Å². The van der Waals surface area contributed by atoms with Gasteiger partial charge < -0.3 is 10.1 Å². The molecule has 1 aromatic carbocycles. The van der Waals surface area contributed by atoms with Crippen LogP contribution in [-0.4, -0.2) is 18.9 Å². The van der Waals surface area contributed by atoms with Gasteiger partial charge in [-0.2, -0.15) is 29.8 Å². The Bertz CT molecular complexity index is 574. The maximum atomic E-state index is 11.8. The molecule has 0 aromatic heterocycles. The number of benzene rings is 1. The predicted molar refractivity (Wildman–Crippen MR) is 73.7 cm³/mol. The van der Waals surface area contributed by atoms with Crippen LogP contribution in [0.25, 0.3) is 0 Å². The molecule has 2 rings (SSSR count). The average molecular weight is 702 g/mol. The van der Waals surface area contributed by atoms with Crippen LogP contribution in [0.15, 0.2) is 34.5 Å². The SMILES string of the molecule is COC1=NC(c2c[c-]c(C)cc2)C(C(C)=O)=C(C)N1.[Y].[Y].[Y].[Y].[Y]. The summed E-state index contributed by atoms with van der Waals surface area (Å²) in [6.07, 6.45) is 0. The minimum Gasteiger partial charge on any atom is -0.468 e. The van der Waals surface area contributed by atoms with Crippen LogP contribution in [0, 0.1) is 13.0 Å². The fraction of sp³-hybridized carbons (Fsp3) is 0.333. The van der Waals surface area contributed by atoms with Crippen LogP contribution in [0.1, 0.15) is 31.0 Å². The fourth-order valence-electron chi connectivity index (χ4n) is 2.13. The second-order valence-corrected chi connectivity index (χ2v) is 4.57. The molecule has 1 unspecified atom stereocenters. The zero-order chi connectivity index (χ0) is 14.0. The number of hydrogen-bond donors (Lipinski definition) is 1. The standard InChI is InChI=1S/C15H17N2O2.5Y/c1-9-5-7-12(8-6-9)14-13(11(3)18)10(2)16-15(17-14)19-4;;;;;/h5,7-8,14H,1-4H3,(H,16,17);;;;;/q-1;;;;;. The number of Topliss-reactive ketones (excluding diaryl/α,β-unsaturated/α-hetero) is 1. The third kappa shape index (κ3) is 9.75. The molecule has 1 aliphatic rings. The van der Waals surface area contributed by atoms with Gasteiger partial charge in [0.05, 0.1) is 13.2 Å².